The van der Waals surface area contributed by atoms with Gasteiger partial charge in [-0.3, -0.25) is 10.5 Å². The molecular weight excluding hydrogens is 224 g/mol. The van der Waals surface area contributed by atoms with Gasteiger partial charge in [0.1, 0.15) is 0 Å². The lowest BCUT2D eigenvalue weighted by molar-refractivity contribution is -0.234. The zero-order chi connectivity index (χ0) is 13.4. The first-order valence-corrected chi connectivity index (χ1v) is 6.35. The molecule has 5 heteroatoms. The molecule has 0 bridgehead atoms. The zero-order valence-corrected chi connectivity index (χ0v) is 10.7. The molecule has 0 aliphatic heterocycles. The summed E-state index contributed by atoms with van der Waals surface area (Å²) >= 11 is 0. The lowest BCUT2D eigenvalue weighted by atomic mass is 10.1. The predicted molar refractivity (Wildman–Crippen MR) is 65.8 cm³/mol. The fourth-order valence-electron chi connectivity index (χ4n) is 1.63. The summed E-state index contributed by atoms with van der Waals surface area (Å²) in [6.45, 7) is 2.22. The van der Waals surface area contributed by atoms with E-state index in [4.69, 9.17) is 15.8 Å². The molecule has 0 atom stereocenters. The number of rotatable bonds is 10. The smallest absolute Gasteiger partial charge is 0.301 e. The third-order valence-corrected chi connectivity index (χ3v) is 2.59. The molecule has 0 aromatic heterocycles. The molecule has 0 spiro atoms. The van der Waals surface area contributed by atoms with E-state index in [1.54, 1.807) is 0 Å². The van der Waals surface area contributed by atoms with Gasteiger partial charge in [0.25, 0.3) is 0 Å². The zero-order valence-electron chi connectivity index (χ0n) is 10.7. The molecule has 0 saturated heterocycles. The van der Waals surface area contributed by atoms with E-state index >= 15 is 0 Å². The van der Waals surface area contributed by atoms with Crippen LogP contribution in [0.1, 0.15) is 71.1 Å². The first-order valence-electron chi connectivity index (χ1n) is 6.35. The molecule has 0 aliphatic rings. The van der Waals surface area contributed by atoms with Crippen molar-refractivity contribution in [3.63, 3.8) is 0 Å². The second kappa shape index (κ2) is 17.7. The van der Waals surface area contributed by atoms with Crippen molar-refractivity contribution in [2.24, 2.45) is 0 Å². The maximum atomic E-state index is 10.5. The first kappa shape index (κ1) is 18.7. The van der Waals surface area contributed by atoms with Crippen molar-refractivity contribution in [3.8, 4) is 0 Å². The molecule has 0 saturated carbocycles. The van der Waals surface area contributed by atoms with Crippen molar-refractivity contribution >= 4 is 5.97 Å². The minimum atomic E-state index is -0.516. The Morgan fingerprint density at radius 2 is 1.29 bits per heavy atom. The van der Waals surface area contributed by atoms with E-state index in [9.17, 15) is 4.79 Å². The minimum absolute atomic E-state index is 0.340. The number of hydrogen-bond acceptors (Lipinski definition) is 5. The highest BCUT2D eigenvalue weighted by Gasteiger charge is 2.00. The number of unbranched alkanes of at least 4 members (excludes halogenated alkanes) is 8. The van der Waals surface area contributed by atoms with Crippen LogP contribution < -0.4 is 0 Å². The van der Waals surface area contributed by atoms with Crippen LogP contribution in [-0.2, 0) is 9.68 Å². The molecule has 5 nitrogen and oxygen atoms in total. The van der Waals surface area contributed by atoms with Gasteiger partial charge in [0.2, 0.25) is 0 Å². The summed E-state index contributed by atoms with van der Waals surface area (Å²) in [6, 6.07) is 0. The Morgan fingerprint density at radius 3 is 1.71 bits per heavy atom. The van der Waals surface area contributed by atoms with Crippen molar-refractivity contribution < 1.29 is 25.5 Å². The van der Waals surface area contributed by atoms with Gasteiger partial charge in [-0.2, -0.15) is 5.26 Å². The molecule has 0 unspecified atom stereocenters. The molecular formula is C12H26O5. The van der Waals surface area contributed by atoms with Gasteiger partial charge in [0, 0.05) is 6.42 Å². The lowest BCUT2D eigenvalue weighted by Crippen LogP contribution is -1.99. The number of carbonyl (C=O) groups excluding carboxylic acids is 1. The third kappa shape index (κ3) is 17.9. The molecule has 0 aromatic carbocycles. The Bertz CT molecular complexity index is 150. The molecule has 0 aromatic rings. The SMILES string of the molecule is CCCCCCCCCCCC(=O)OO.OO. The second-order valence-corrected chi connectivity index (χ2v) is 4.04. The van der Waals surface area contributed by atoms with Gasteiger partial charge in [-0.05, 0) is 6.42 Å². The fourth-order valence-corrected chi connectivity index (χ4v) is 1.63. The second-order valence-electron chi connectivity index (χ2n) is 4.04. The minimum Gasteiger partial charge on any atom is -0.301 e. The Morgan fingerprint density at radius 1 is 0.882 bits per heavy atom. The van der Waals surface area contributed by atoms with Crippen LogP contribution in [0.5, 0.6) is 0 Å². The average Bonchev–Trinajstić information content (AvgIpc) is 2.39. The summed E-state index contributed by atoms with van der Waals surface area (Å²) in [5, 5.41) is 20.0. The van der Waals surface area contributed by atoms with Gasteiger partial charge in [-0.15, -0.1) is 0 Å². The highest BCUT2D eigenvalue weighted by Crippen LogP contribution is 2.10. The third-order valence-electron chi connectivity index (χ3n) is 2.59. The van der Waals surface area contributed by atoms with Crippen molar-refractivity contribution in [2.45, 2.75) is 71.1 Å². The van der Waals surface area contributed by atoms with Crippen molar-refractivity contribution in [1.82, 2.24) is 0 Å². The summed E-state index contributed by atoms with van der Waals surface area (Å²) in [6.07, 6.45) is 11.3. The molecule has 0 heterocycles. The van der Waals surface area contributed by atoms with E-state index < -0.39 is 5.97 Å². The molecule has 3 N–H and O–H groups in total. The van der Waals surface area contributed by atoms with Gasteiger partial charge < -0.3 is 4.89 Å². The molecule has 0 radical (unpaired) electrons. The van der Waals surface area contributed by atoms with Gasteiger partial charge in [0.05, 0.1) is 0 Å². The molecule has 0 amide bonds. The lowest BCUT2D eigenvalue weighted by Gasteiger charge is -2.00. The van der Waals surface area contributed by atoms with Crippen molar-refractivity contribution in [3.05, 3.63) is 0 Å². The van der Waals surface area contributed by atoms with Crippen LogP contribution in [0.2, 0.25) is 0 Å². The predicted octanol–water partition coefficient (Wildman–Crippen LogP) is 3.94. The summed E-state index contributed by atoms with van der Waals surface area (Å²) in [5.41, 5.74) is 0. The quantitative estimate of drug-likeness (QED) is 0.310. The van der Waals surface area contributed by atoms with Crippen LogP contribution in [0.3, 0.4) is 0 Å². The maximum Gasteiger partial charge on any atom is 0.342 e. The van der Waals surface area contributed by atoms with Gasteiger partial charge in [0.15, 0.2) is 0 Å². The van der Waals surface area contributed by atoms with Gasteiger partial charge in [-0.1, -0.05) is 58.3 Å². The van der Waals surface area contributed by atoms with Gasteiger partial charge in [-0.25, -0.2) is 4.79 Å². The van der Waals surface area contributed by atoms with E-state index in [1.807, 2.05) is 0 Å². The summed E-state index contributed by atoms with van der Waals surface area (Å²) in [4.78, 5) is 14.1. The summed E-state index contributed by atoms with van der Waals surface area (Å²) in [5.74, 6) is -0.516. The Labute approximate surface area is 103 Å². The fraction of sp³-hybridized carbons (Fsp3) is 0.917. The van der Waals surface area contributed by atoms with Crippen LogP contribution in [0.15, 0.2) is 0 Å². The van der Waals surface area contributed by atoms with Crippen LogP contribution >= 0.6 is 0 Å². The van der Waals surface area contributed by atoms with Crippen molar-refractivity contribution in [2.75, 3.05) is 0 Å². The maximum absolute atomic E-state index is 10.5. The van der Waals surface area contributed by atoms with Crippen LogP contribution in [-0.4, -0.2) is 21.7 Å². The van der Waals surface area contributed by atoms with Crippen LogP contribution in [0.4, 0.5) is 0 Å². The highest BCUT2D eigenvalue weighted by molar-refractivity contribution is 5.68. The topological polar surface area (TPSA) is 87.0 Å². The largest absolute Gasteiger partial charge is 0.342 e. The van der Waals surface area contributed by atoms with E-state index in [-0.39, 0.29) is 0 Å². The Balaban J connectivity index is 0. The normalized spacial score (nSPS) is 9.41. The van der Waals surface area contributed by atoms with E-state index in [2.05, 4.69) is 11.8 Å². The molecule has 17 heavy (non-hydrogen) atoms. The summed E-state index contributed by atoms with van der Waals surface area (Å²) in [7, 11) is 0. The van der Waals surface area contributed by atoms with Crippen molar-refractivity contribution in [1.29, 1.82) is 0 Å². The van der Waals surface area contributed by atoms with Crippen LogP contribution in [0.25, 0.3) is 0 Å². The molecule has 0 rings (SSSR count). The highest BCUT2D eigenvalue weighted by atomic mass is 17.1. The van der Waals surface area contributed by atoms with Gasteiger partial charge >= 0.3 is 5.97 Å². The number of carbonyl (C=O) groups is 1. The standard InChI is InChI=1S/C12H24O3.H2O2/c1-2-3-4-5-6-7-8-9-10-11-12(13)15-14;1-2/h14H,2-11H2,1H3;1-2H. The van der Waals surface area contributed by atoms with Crippen LogP contribution in [0, 0.1) is 0 Å². The number of hydrogen-bond donors (Lipinski definition) is 3. The van der Waals surface area contributed by atoms with E-state index in [0.717, 1.165) is 12.8 Å². The Kier molecular flexibility index (Phi) is 19.5. The average molecular weight is 250 g/mol. The van der Waals surface area contributed by atoms with E-state index in [1.165, 1.54) is 44.9 Å². The first-order chi connectivity index (χ1) is 8.31. The molecule has 0 fully saturated rings. The summed E-state index contributed by atoms with van der Waals surface area (Å²) < 4.78 is 0. The monoisotopic (exact) mass is 250 g/mol. The van der Waals surface area contributed by atoms with E-state index in [0.29, 0.717) is 6.42 Å². The Hall–Kier alpha value is -0.650. The molecule has 104 valence electrons. The molecule has 0 aliphatic carbocycles.